The number of aliphatic hydroxyl groups is 1. The van der Waals surface area contributed by atoms with Crippen molar-refractivity contribution < 1.29 is 18.3 Å². The highest BCUT2D eigenvalue weighted by molar-refractivity contribution is 5.30. The monoisotopic (exact) mass is 302 g/mol. The van der Waals surface area contributed by atoms with Gasteiger partial charge in [0.25, 0.3) is 0 Å². The van der Waals surface area contributed by atoms with Gasteiger partial charge in [-0.25, -0.2) is 5.43 Å². The lowest BCUT2D eigenvalue weighted by Crippen LogP contribution is -2.54. The van der Waals surface area contributed by atoms with Gasteiger partial charge in [0, 0.05) is 14.1 Å². The summed E-state index contributed by atoms with van der Waals surface area (Å²) in [6.07, 6.45) is -1.16. The largest absolute Gasteiger partial charge is 0.416 e. The van der Waals surface area contributed by atoms with Crippen molar-refractivity contribution in [3.63, 3.8) is 0 Å². The molecule has 2 rings (SSSR count). The maximum atomic E-state index is 12.6. The molecule has 118 valence electrons. The minimum absolute atomic E-state index is 0.196. The van der Waals surface area contributed by atoms with E-state index in [0.29, 0.717) is 12.0 Å². The molecule has 0 spiro atoms. The number of nitrogens with zero attached hydrogens (tertiary/aromatic N) is 1. The number of nitrogens with one attached hydrogen (secondary N) is 1. The molecular formula is C15H21F3N2O. The van der Waals surface area contributed by atoms with E-state index in [-0.39, 0.29) is 6.04 Å². The fourth-order valence-electron chi connectivity index (χ4n) is 2.93. The van der Waals surface area contributed by atoms with E-state index in [1.165, 1.54) is 12.1 Å². The Balaban J connectivity index is 2.28. The minimum atomic E-state index is -4.35. The van der Waals surface area contributed by atoms with Gasteiger partial charge in [-0.2, -0.15) is 13.2 Å². The van der Waals surface area contributed by atoms with E-state index >= 15 is 0 Å². The molecule has 0 heterocycles. The molecule has 0 amide bonds. The highest BCUT2D eigenvalue weighted by Gasteiger charge is 2.41. The molecule has 1 aliphatic rings. The minimum Gasteiger partial charge on any atom is -0.383 e. The van der Waals surface area contributed by atoms with Crippen LogP contribution >= 0.6 is 0 Å². The maximum absolute atomic E-state index is 12.6. The Labute approximate surface area is 122 Å². The van der Waals surface area contributed by atoms with E-state index in [0.717, 1.165) is 31.4 Å². The first-order valence-corrected chi connectivity index (χ1v) is 7.07. The molecule has 0 aromatic heterocycles. The first-order chi connectivity index (χ1) is 9.73. The van der Waals surface area contributed by atoms with Gasteiger partial charge in [-0.3, -0.25) is 5.01 Å². The summed E-state index contributed by atoms with van der Waals surface area (Å²) >= 11 is 0. The van der Waals surface area contributed by atoms with Crippen molar-refractivity contribution in [1.82, 2.24) is 10.4 Å². The number of rotatable bonds is 3. The Kier molecular flexibility index (Phi) is 4.60. The van der Waals surface area contributed by atoms with E-state index in [1.54, 1.807) is 5.01 Å². The topological polar surface area (TPSA) is 35.5 Å². The summed E-state index contributed by atoms with van der Waals surface area (Å²) in [6, 6.07) is 4.65. The Hall–Kier alpha value is -1.11. The maximum Gasteiger partial charge on any atom is 0.416 e. The van der Waals surface area contributed by atoms with Crippen LogP contribution < -0.4 is 5.43 Å². The number of alkyl halides is 3. The molecule has 0 bridgehead atoms. The average Bonchev–Trinajstić information content (AvgIpc) is 2.40. The molecule has 1 fully saturated rings. The normalized spacial score (nSPS) is 27.1. The molecule has 0 unspecified atom stereocenters. The summed E-state index contributed by atoms with van der Waals surface area (Å²) in [5.74, 6) is 0. The highest BCUT2D eigenvalue weighted by atomic mass is 19.4. The lowest BCUT2D eigenvalue weighted by Gasteiger charge is -2.42. The van der Waals surface area contributed by atoms with Crippen LogP contribution in [0, 0.1) is 0 Å². The van der Waals surface area contributed by atoms with Gasteiger partial charge in [-0.15, -0.1) is 0 Å². The Morgan fingerprint density at radius 2 is 1.81 bits per heavy atom. The third-order valence-electron chi connectivity index (χ3n) is 4.00. The first-order valence-electron chi connectivity index (χ1n) is 7.07. The predicted molar refractivity (Wildman–Crippen MR) is 74.4 cm³/mol. The van der Waals surface area contributed by atoms with Crippen molar-refractivity contribution in [2.45, 2.75) is 43.5 Å². The van der Waals surface area contributed by atoms with Crippen molar-refractivity contribution in [3.8, 4) is 0 Å². The van der Waals surface area contributed by atoms with Gasteiger partial charge >= 0.3 is 6.18 Å². The van der Waals surface area contributed by atoms with E-state index in [9.17, 15) is 18.3 Å². The van der Waals surface area contributed by atoms with Crippen molar-refractivity contribution >= 4 is 0 Å². The summed E-state index contributed by atoms with van der Waals surface area (Å²) in [7, 11) is 3.67. The van der Waals surface area contributed by atoms with Gasteiger partial charge in [0.1, 0.15) is 5.60 Å². The number of hydrazine groups is 1. The molecular weight excluding hydrogens is 281 g/mol. The zero-order valence-electron chi connectivity index (χ0n) is 12.2. The number of halogens is 3. The van der Waals surface area contributed by atoms with Crippen molar-refractivity contribution in [3.05, 3.63) is 35.4 Å². The molecule has 0 aliphatic heterocycles. The average molecular weight is 302 g/mol. The van der Waals surface area contributed by atoms with Gasteiger partial charge in [0.05, 0.1) is 11.6 Å². The number of hydrogen-bond acceptors (Lipinski definition) is 3. The second kappa shape index (κ2) is 5.94. The Bertz CT molecular complexity index is 473. The second-order valence-corrected chi connectivity index (χ2v) is 5.82. The Morgan fingerprint density at radius 3 is 2.33 bits per heavy atom. The quantitative estimate of drug-likeness (QED) is 0.843. The third-order valence-corrected chi connectivity index (χ3v) is 4.00. The van der Waals surface area contributed by atoms with Crippen LogP contribution in [0.2, 0.25) is 0 Å². The van der Waals surface area contributed by atoms with Gasteiger partial charge in [0.2, 0.25) is 0 Å². The summed E-state index contributed by atoms with van der Waals surface area (Å²) in [5, 5.41) is 12.7. The summed E-state index contributed by atoms with van der Waals surface area (Å²) in [5.41, 5.74) is 1.89. The van der Waals surface area contributed by atoms with Crippen LogP contribution in [0.5, 0.6) is 0 Å². The Morgan fingerprint density at radius 1 is 1.19 bits per heavy atom. The van der Waals surface area contributed by atoms with Crippen molar-refractivity contribution in [2.75, 3.05) is 14.1 Å². The van der Waals surface area contributed by atoms with E-state index in [2.05, 4.69) is 5.43 Å². The summed E-state index contributed by atoms with van der Waals surface area (Å²) < 4.78 is 37.9. The molecule has 21 heavy (non-hydrogen) atoms. The molecule has 2 atom stereocenters. The standard InChI is InChI=1S/C15H21F3N2O/c1-20(2)19-13-5-3-4-10-14(13,21)11-6-8-12(9-7-11)15(16,17)18/h6-9,13,19,21H,3-5,10H2,1-2H3/t13-,14-/m0/s1. The van der Waals surface area contributed by atoms with Crippen LogP contribution in [0.4, 0.5) is 13.2 Å². The molecule has 0 saturated heterocycles. The van der Waals surface area contributed by atoms with Gasteiger partial charge < -0.3 is 5.11 Å². The lowest BCUT2D eigenvalue weighted by molar-refractivity contribution is -0.137. The fourth-order valence-corrected chi connectivity index (χ4v) is 2.93. The summed E-state index contributed by atoms with van der Waals surface area (Å²) in [6.45, 7) is 0. The SMILES string of the molecule is CN(C)N[C@H]1CCCC[C@]1(O)c1ccc(C(F)(F)F)cc1. The summed E-state index contributed by atoms with van der Waals surface area (Å²) in [4.78, 5) is 0. The highest BCUT2D eigenvalue weighted by Crippen LogP contribution is 2.38. The van der Waals surface area contributed by atoms with E-state index in [4.69, 9.17) is 0 Å². The molecule has 2 N–H and O–H groups in total. The van der Waals surface area contributed by atoms with Crippen LogP contribution in [0.15, 0.2) is 24.3 Å². The number of benzene rings is 1. The zero-order chi connectivity index (χ0) is 15.7. The second-order valence-electron chi connectivity index (χ2n) is 5.82. The van der Waals surface area contributed by atoms with Gasteiger partial charge in [-0.1, -0.05) is 25.0 Å². The fraction of sp³-hybridized carbons (Fsp3) is 0.600. The van der Waals surface area contributed by atoms with Gasteiger partial charge in [-0.05, 0) is 30.5 Å². The molecule has 0 radical (unpaired) electrons. The molecule has 1 aromatic carbocycles. The van der Waals surface area contributed by atoms with E-state index < -0.39 is 17.3 Å². The lowest BCUT2D eigenvalue weighted by atomic mass is 9.76. The van der Waals surface area contributed by atoms with Crippen molar-refractivity contribution in [2.24, 2.45) is 0 Å². The molecule has 3 nitrogen and oxygen atoms in total. The van der Waals surface area contributed by atoms with Crippen LogP contribution in [-0.2, 0) is 11.8 Å². The molecule has 1 aromatic rings. The van der Waals surface area contributed by atoms with Crippen molar-refractivity contribution in [1.29, 1.82) is 0 Å². The first kappa shape index (κ1) is 16.3. The molecule has 1 saturated carbocycles. The predicted octanol–water partition coefficient (Wildman–Crippen LogP) is 2.90. The van der Waals surface area contributed by atoms with Crippen LogP contribution in [0.1, 0.15) is 36.8 Å². The van der Waals surface area contributed by atoms with E-state index in [1.807, 2.05) is 14.1 Å². The molecule has 1 aliphatic carbocycles. The van der Waals surface area contributed by atoms with Crippen LogP contribution in [0.3, 0.4) is 0 Å². The van der Waals surface area contributed by atoms with Crippen LogP contribution in [-0.4, -0.2) is 30.3 Å². The smallest absolute Gasteiger partial charge is 0.383 e. The van der Waals surface area contributed by atoms with Crippen LogP contribution in [0.25, 0.3) is 0 Å². The number of hydrogen-bond donors (Lipinski definition) is 2. The third kappa shape index (κ3) is 3.56. The molecule has 6 heteroatoms. The van der Waals surface area contributed by atoms with Gasteiger partial charge in [0.15, 0.2) is 0 Å². The zero-order valence-corrected chi connectivity index (χ0v) is 12.2.